The Labute approximate surface area is 128 Å². The normalized spacial score (nSPS) is 18.2. The van der Waals surface area contributed by atoms with Crippen molar-refractivity contribution in [1.29, 1.82) is 0 Å². The maximum Gasteiger partial charge on any atom is 0.165 e. The van der Waals surface area contributed by atoms with Gasteiger partial charge in [0.25, 0.3) is 0 Å². The molecule has 1 aliphatic carbocycles. The molecule has 3 heteroatoms. The van der Waals surface area contributed by atoms with Gasteiger partial charge >= 0.3 is 0 Å². The maximum atomic E-state index is 13.8. The molecule has 118 valence electrons. The average Bonchev–Trinajstić information content (AvgIpc) is 2.75. The molecule has 1 unspecified atom stereocenters. The molecule has 1 aromatic rings. The summed E-state index contributed by atoms with van der Waals surface area (Å²) in [4.78, 5) is 0. The van der Waals surface area contributed by atoms with Gasteiger partial charge in [0.2, 0.25) is 0 Å². The SMILES string of the molecule is CNC(Cc1ccc(OC)c(F)c1)CC1CCCCCC1. The van der Waals surface area contributed by atoms with Crippen LogP contribution in [0.1, 0.15) is 50.5 Å². The smallest absolute Gasteiger partial charge is 0.165 e. The van der Waals surface area contributed by atoms with Crippen molar-refractivity contribution in [3.8, 4) is 5.75 Å². The van der Waals surface area contributed by atoms with E-state index < -0.39 is 0 Å². The molecule has 1 fully saturated rings. The fourth-order valence-corrected chi connectivity index (χ4v) is 3.43. The minimum Gasteiger partial charge on any atom is -0.494 e. The number of hydrogen-bond donors (Lipinski definition) is 1. The van der Waals surface area contributed by atoms with Crippen LogP contribution in [0.5, 0.6) is 5.75 Å². The largest absolute Gasteiger partial charge is 0.494 e. The second kappa shape index (κ2) is 8.38. The van der Waals surface area contributed by atoms with Crippen LogP contribution < -0.4 is 10.1 Å². The number of nitrogens with one attached hydrogen (secondary N) is 1. The van der Waals surface area contributed by atoms with Gasteiger partial charge in [-0.15, -0.1) is 0 Å². The van der Waals surface area contributed by atoms with Crippen LogP contribution in [0.2, 0.25) is 0 Å². The van der Waals surface area contributed by atoms with Crippen molar-refractivity contribution in [3.63, 3.8) is 0 Å². The molecule has 2 rings (SSSR count). The summed E-state index contributed by atoms with van der Waals surface area (Å²) in [6.07, 6.45) is 10.3. The van der Waals surface area contributed by atoms with Crippen LogP contribution in [-0.2, 0) is 6.42 Å². The van der Waals surface area contributed by atoms with Gasteiger partial charge in [-0.1, -0.05) is 44.6 Å². The predicted molar refractivity (Wildman–Crippen MR) is 85.3 cm³/mol. The summed E-state index contributed by atoms with van der Waals surface area (Å²) in [7, 11) is 3.52. The second-order valence-electron chi connectivity index (χ2n) is 6.25. The summed E-state index contributed by atoms with van der Waals surface area (Å²) in [5.41, 5.74) is 1.04. The Morgan fingerprint density at radius 3 is 2.52 bits per heavy atom. The summed E-state index contributed by atoms with van der Waals surface area (Å²) in [5, 5.41) is 3.41. The van der Waals surface area contributed by atoms with Gasteiger partial charge in [-0.2, -0.15) is 0 Å². The Balaban J connectivity index is 1.93. The Morgan fingerprint density at radius 1 is 1.24 bits per heavy atom. The number of likely N-dealkylation sites (N-methyl/N-ethyl adjacent to an activating group) is 1. The molecule has 21 heavy (non-hydrogen) atoms. The molecule has 1 aliphatic rings. The minimum absolute atomic E-state index is 0.265. The lowest BCUT2D eigenvalue weighted by atomic mass is 9.90. The van der Waals surface area contributed by atoms with Crippen LogP contribution in [0.3, 0.4) is 0 Å². The summed E-state index contributed by atoms with van der Waals surface area (Å²) in [6.45, 7) is 0. The molecule has 0 bridgehead atoms. The van der Waals surface area contributed by atoms with Crippen LogP contribution in [0.25, 0.3) is 0 Å². The quantitative estimate of drug-likeness (QED) is 0.788. The van der Waals surface area contributed by atoms with Gasteiger partial charge < -0.3 is 10.1 Å². The van der Waals surface area contributed by atoms with Gasteiger partial charge in [0, 0.05) is 6.04 Å². The number of benzene rings is 1. The molecule has 0 saturated heterocycles. The summed E-state index contributed by atoms with van der Waals surface area (Å²) < 4.78 is 18.7. The van der Waals surface area contributed by atoms with E-state index in [1.54, 1.807) is 12.1 Å². The topological polar surface area (TPSA) is 21.3 Å². The first-order valence-electron chi connectivity index (χ1n) is 8.22. The molecule has 1 aromatic carbocycles. The molecule has 0 aliphatic heterocycles. The lowest BCUT2D eigenvalue weighted by Gasteiger charge is -2.22. The molecule has 0 heterocycles. The minimum atomic E-state index is -0.265. The van der Waals surface area contributed by atoms with Crippen molar-refractivity contribution < 1.29 is 9.13 Å². The van der Waals surface area contributed by atoms with Gasteiger partial charge in [0.1, 0.15) is 0 Å². The van der Waals surface area contributed by atoms with Crippen molar-refractivity contribution in [2.45, 2.75) is 57.4 Å². The van der Waals surface area contributed by atoms with Gasteiger partial charge in [-0.25, -0.2) is 4.39 Å². The zero-order valence-corrected chi connectivity index (χ0v) is 13.3. The van der Waals surface area contributed by atoms with Crippen LogP contribution in [0.15, 0.2) is 18.2 Å². The highest BCUT2D eigenvalue weighted by atomic mass is 19.1. The van der Waals surface area contributed by atoms with E-state index in [1.165, 1.54) is 52.1 Å². The predicted octanol–water partition coefficient (Wildman–Crippen LogP) is 4.33. The number of hydrogen-bond acceptors (Lipinski definition) is 2. The molecule has 2 nitrogen and oxygen atoms in total. The maximum absolute atomic E-state index is 13.8. The molecule has 0 aromatic heterocycles. The van der Waals surface area contributed by atoms with Crippen LogP contribution >= 0.6 is 0 Å². The monoisotopic (exact) mass is 293 g/mol. The van der Waals surface area contributed by atoms with E-state index >= 15 is 0 Å². The average molecular weight is 293 g/mol. The lowest BCUT2D eigenvalue weighted by molar-refractivity contribution is 0.360. The molecular weight excluding hydrogens is 265 g/mol. The van der Waals surface area contributed by atoms with Gasteiger partial charge in [0.15, 0.2) is 11.6 Å². The summed E-state index contributed by atoms with van der Waals surface area (Å²) >= 11 is 0. The molecule has 0 amide bonds. The van der Waals surface area contributed by atoms with E-state index in [2.05, 4.69) is 5.32 Å². The highest BCUT2D eigenvalue weighted by Gasteiger charge is 2.18. The standard InChI is InChI=1S/C18H28FNO/c1-20-16(11-14-7-5-3-4-6-8-14)12-15-9-10-18(21-2)17(19)13-15/h9-10,13-14,16,20H,3-8,11-12H2,1-2H3. The van der Waals surface area contributed by atoms with Crippen molar-refractivity contribution >= 4 is 0 Å². The number of rotatable bonds is 6. The Morgan fingerprint density at radius 2 is 1.95 bits per heavy atom. The van der Waals surface area contributed by atoms with Crippen molar-refractivity contribution in [3.05, 3.63) is 29.6 Å². The molecule has 1 atom stereocenters. The van der Waals surface area contributed by atoms with E-state index in [0.717, 1.165) is 17.9 Å². The zero-order chi connectivity index (χ0) is 15.1. The first-order chi connectivity index (χ1) is 10.2. The van der Waals surface area contributed by atoms with E-state index in [4.69, 9.17) is 4.74 Å². The third kappa shape index (κ3) is 4.99. The van der Waals surface area contributed by atoms with Crippen molar-refractivity contribution in [1.82, 2.24) is 5.32 Å². The molecule has 1 saturated carbocycles. The van der Waals surface area contributed by atoms with Crippen LogP contribution in [-0.4, -0.2) is 20.2 Å². The van der Waals surface area contributed by atoms with Gasteiger partial charge in [-0.05, 0) is 43.5 Å². The van der Waals surface area contributed by atoms with Gasteiger partial charge in [0.05, 0.1) is 7.11 Å². The van der Waals surface area contributed by atoms with Crippen molar-refractivity contribution in [2.75, 3.05) is 14.2 Å². The molecule has 1 N–H and O–H groups in total. The Bertz CT molecular complexity index is 427. The van der Waals surface area contributed by atoms with Gasteiger partial charge in [-0.3, -0.25) is 0 Å². The highest BCUT2D eigenvalue weighted by Crippen LogP contribution is 2.27. The summed E-state index contributed by atoms with van der Waals surface area (Å²) in [6, 6.07) is 5.74. The third-order valence-electron chi connectivity index (χ3n) is 4.70. The van der Waals surface area contributed by atoms with E-state index in [1.807, 2.05) is 13.1 Å². The highest BCUT2D eigenvalue weighted by molar-refractivity contribution is 5.29. The Kier molecular flexibility index (Phi) is 6.50. The van der Waals surface area contributed by atoms with Crippen molar-refractivity contribution in [2.24, 2.45) is 5.92 Å². The van der Waals surface area contributed by atoms with E-state index in [9.17, 15) is 4.39 Å². The third-order valence-corrected chi connectivity index (χ3v) is 4.70. The second-order valence-corrected chi connectivity index (χ2v) is 6.25. The molecule has 0 spiro atoms. The summed E-state index contributed by atoms with van der Waals surface area (Å²) in [5.74, 6) is 0.885. The van der Waals surface area contributed by atoms with Crippen LogP contribution in [0.4, 0.5) is 4.39 Å². The first-order valence-corrected chi connectivity index (χ1v) is 8.22. The number of halogens is 1. The number of ether oxygens (including phenoxy) is 1. The van der Waals surface area contributed by atoms with Crippen LogP contribution in [0, 0.1) is 11.7 Å². The van der Waals surface area contributed by atoms with E-state index in [-0.39, 0.29) is 5.82 Å². The fourth-order valence-electron chi connectivity index (χ4n) is 3.43. The zero-order valence-electron chi connectivity index (χ0n) is 13.3. The molecular formula is C18H28FNO. The molecule has 0 radical (unpaired) electrons. The number of methoxy groups -OCH3 is 1. The Hall–Kier alpha value is -1.09. The fraction of sp³-hybridized carbons (Fsp3) is 0.667. The lowest BCUT2D eigenvalue weighted by Crippen LogP contribution is -2.30. The first kappa shape index (κ1) is 16.3. The van der Waals surface area contributed by atoms with E-state index in [0.29, 0.717) is 11.8 Å².